The Morgan fingerprint density at radius 2 is 2.23 bits per heavy atom. The monoisotopic (exact) mass is 321 g/mol. The van der Waals surface area contributed by atoms with Crippen LogP contribution in [0.5, 0.6) is 0 Å². The van der Waals surface area contributed by atoms with Gasteiger partial charge in [0.2, 0.25) is 5.13 Å². The van der Waals surface area contributed by atoms with Crippen LogP contribution in [0.2, 0.25) is 0 Å². The van der Waals surface area contributed by atoms with Gasteiger partial charge in [-0.1, -0.05) is 11.3 Å². The summed E-state index contributed by atoms with van der Waals surface area (Å²) in [7, 11) is 3.89. The molecule has 0 aliphatic heterocycles. The summed E-state index contributed by atoms with van der Waals surface area (Å²) in [6.45, 7) is 4.40. The van der Waals surface area contributed by atoms with Crippen LogP contribution in [-0.2, 0) is 0 Å². The maximum Gasteiger partial charge on any atom is 0.263 e. The van der Waals surface area contributed by atoms with Gasteiger partial charge in [0.25, 0.3) is 11.5 Å². The highest BCUT2D eigenvalue weighted by Gasteiger charge is 2.19. The van der Waals surface area contributed by atoms with Gasteiger partial charge >= 0.3 is 0 Å². The van der Waals surface area contributed by atoms with Gasteiger partial charge in [-0.05, 0) is 39.6 Å². The first kappa shape index (κ1) is 16.3. The smallest absolute Gasteiger partial charge is 0.263 e. The Morgan fingerprint density at radius 1 is 1.50 bits per heavy atom. The fourth-order valence-corrected chi connectivity index (χ4v) is 2.71. The molecule has 2 heterocycles. The maximum atomic E-state index is 12.6. The minimum absolute atomic E-state index is 0.0313. The zero-order valence-electron chi connectivity index (χ0n) is 13.0. The summed E-state index contributed by atoms with van der Waals surface area (Å²) in [4.78, 5) is 27.0. The minimum atomic E-state index is -0.453. The van der Waals surface area contributed by atoms with Crippen molar-refractivity contribution in [1.82, 2.24) is 19.7 Å². The highest BCUT2D eigenvalue weighted by atomic mass is 32.1. The lowest BCUT2D eigenvalue weighted by atomic mass is 10.1. The molecule has 118 valence electrons. The molecule has 0 fully saturated rings. The van der Waals surface area contributed by atoms with E-state index in [1.807, 2.05) is 25.9 Å². The summed E-state index contributed by atoms with van der Waals surface area (Å²) in [5.74, 6) is -0.453. The first-order valence-corrected chi connectivity index (χ1v) is 7.72. The number of aryl methyl sites for hydroxylation is 1. The van der Waals surface area contributed by atoms with Crippen molar-refractivity contribution in [3.63, 3.8) is 0 Å². The summed E-state index contributed by atoms with van der Waals surface area (Å²) in [6, 6.07) is 1.75. The molecule has 0 radical (unpaired) electrons. The van der Waals surface area contributed by atoms with Crippen LogP contribution in [0.15, 0.2) is 22.6 Å². The Morgan fingerprint density at radius 3 is 2.82 bits per heavy atom. The van der Waals surface area contributed by atoms with Crippen molar-refractivity contribution in [3.8, 4) is 0 Å². The highest BCUT2D eigenvalue weighted by Crippen LogP contribution is 2.12. The largest absolute Gasteiger partial charge is 0.311 e. The van der Waals surface area contributed by atoms with Gasteiger partial charge in [-0.3, -0.25) is 14.9 Å². The molecule has 2 aromatic heterocycles. The van der Waals surface area contributed by atoms with E-state index in [4.69, 9.17) is 0 Å². The molecule has 7 nitrogen and oxygen atoms in total. The number of amides is 1. The first-order valence-electron chi connectivity index (χ1n) is 6.84. The van der Waals surface area contributed by atoms with Crippen molar-refractivity contribution >= 4 is 22.4 Å². The van der Waals surface area contributed by atoms with Crippen molar-refractivity contribution in [1.29, 1.82) is 0 Å². The van der Waals surface area contributed by atoms with Gasteiger partial charge in [0.1, 0.15) is 11.1 Å². The highest BCUT2D eigenvalue weighted by molar-refractivity contribution is 7.13. The van der Waals surface area contributed by atoms with Crippen LogP contribution in [0.4, 0.5) is 5.13 Å². The predicted molar refractivity (Wildman–Crippen MR) is 86.6 cm³/mol. The summed E-state index contributed by atoms with van der Waals surface area (Å²) in [5, 5.41) is 10.4. The Bertz CT molecular complexity index is 709. The second-order valence-electron chi connectivity index (χ2n) is 5.40. The van der Waals surface area contributed by atoms with Crippen LogP contribution in [0, 0.1) is 6.92 Å². The summed E-state index contributed by atoms with van der Waals surface area (Å²) in [5.41, 5.74) is 2.00. The van der Waals surface area contributed by atoms with Crippen molar-refractivity contribution < 1.29 is 4.79 Å². The van der Waals surface area contributed by atoms with E-state index in [1.54, 1.807) is 23.8 Å². The molecule has 1 N–H and O–H groups in total. The lowest BCUT2D eigenvalue weighted by Gasteiger charge is -2.20. The van der Waals surface area contributed by atoms with Gasteiger partial charge < -0.3 is 9.47 Å². The lowest BCUT2D eigenvalue weighted by Crippen LogP contribution is -2.34. The fraction of sp³-hybridized carbons (Fsp3) is 0.429. The maximum absolute atomic E-state index is 12.6. The van der Waals surface area contributed by atoms with E-state index in [0.29, 0.717) is 17.2 Å². The molecule has 0 saturated heterocycles. The number of nitrogens with zero attached hydrogens (tertiary/aromatic N) is 4. The van der Waals surface area contributed by atoms with Gasteiger partial charge in [-0.2, -0.15) is 0 Å². The number of rotatable bonds is 5. The SMILES string of the molecule is Cc1ccn(C(C)CN(C)C)c(=O)c1C(=O)Nc1nncs1. The molecule has 2 aromatic rings. The van der Waals surface area contributed by atoms with Crippen molar-refractivity contribution in [3.05, 3.63) is 39.3 Å². The molecule has 1 unspecified atom stereocenters. The average molecular weight is 321 g/mol. The first-order chi connectivity index (χ1) is 10.4. The van der Waals surface area contributed by atoms with Gasteiger partial charge in [0, 0.05) is 18.8 Å². The van der Waals surface area contributed by atoms with Gasteiger partial charge in [0.15, 0.2) is 0 Å². The van der Waals surface area contributed by atoms with Crippen molar-refractivity contribution in [2.45, 2.75) is 19.9 Å². The molecule has 0 aromatic carbocycles. The lowest BCUT2D eigenvalue weighted by molar-refractivity contribution is 0.102. The molecule has 1 atom stereocenters. The van der Waals surface area contributed by atoms with E-state index in [2.05, 4.69) is 15.5 Å². The van der Waals surface area contributed by atoms with Crippen LogP contribution in [-0.4, -0.2) is 46.2 Å². The topological polar surface area (TPSA) is 80.1 Å². The number of carbonyl (C=O) groups excluding carboxylic acids is 1. The molecule has 2 rings (SSSR count). The normalized spacial score (nSPS) is 12.4. The number of anilines is 1. The van der Waals surface area contributed by atoms with E-state index < -0.39 is 5.91 Å². The van der Waals surface area contributed by atoms with E-state index in [0.717, 1.165) is 0 Å². The van der Waals surface area contributed by atoms with Gasteiger partial charge in [-0.15, -0.1) is 10.2 Å². The molecule has 22 heavy (non-hydrogen) atoms. The Kier molecular flexibility index (Phi) is 5.04. The number of carbonyl (C=O) groups is 1. The van der Waals surface area contributed by atoms with Gasteiger partial charge in [0.05, 0.1) is 0 Å². The quantitative estimate of drug-likeness (QED) is 0.900. The van der Waals surface area contributed by atoms with Crippen LogP contribution < -0.4 is 10.9 Å². The average Bonchev–Trinajstić information content (AvgIpc) is 2.90. The molecule has 0 spiro atoms. The minimum Gasteiger partial charge on any atom is -0.311 e. The number of pyridine rings is 1. The zero-order valence-corrected chi connectivity index (χ0v) is 13.8. The Labute approximate surface area is 132 Å². The van der Waals surface area contributed by atoms with Crippen molar-refractivity contribution in [2.75, 3.05) is 26.0 Å². The second kappa shape index (κ2) is 6.80. The number of likely N-dealkylation sites (N-methyl/N-ethyl adjacent to an activating group) is 1. The number of hydrogen-bond acceptors (Lipinski definition) is 6. The molecule has 0 aliphatic carbocycles. The summed E-state index contributed by atoms with van der Waals surface area (Å²) >= 11 is 1.21. The van der Waals surface area contributed by atoms with Crippen LogP contribution >= 0.6 is 11.3 Å². The van der Waals surface area contributed by atoms with E-state index in [9.17, 15) is 9.59 Å². The summed E-state index contributed by atoms with van der Waals surface area (Å²) < 4.78 is 1.59. The predicted octanol–water partition coefficient (Wildman–Crippen LogP) is 1.38. The third kappa shape index (κ3) is 3.58. The zero-order chi connectivity index (χ0) is 16.3. The van der Waals surface area contributed by atoms with Crippen LogP contribution in [0.1, 0.15) is 28.9 Å². The van der Waals surface area contributed by atoms with E-state index >= 15 is 0 Å². The van der Waals surface area contributed by atoms with Crippen LogP contribution in [0.25, 0.3) is 0 Å². The molecule has 0 aliphatic rings. The molecule has 0 bridgehead atoms. The standard InChI is InChI=1S/C14H19N5O2S/c1-9-5-6-19(10(2)7-18(3)4)13(21)11(9)12(20)16-14-17-15-8-22-14/h5-6,8,10H,7H2,1-4H3,(H,16,17,20). The van der Waals surface area contributed by atoms with E-state index in [-0.39, 0.29) is 17.2 Å². The molecule has 8 heteroatoms. The van der Waals surface area contributed by atoms with Crippen molar-refractivity contribution in [2.24, 2.45) is 0 Å². The fourth-order valence-electron chi connectivity index (χ4n) is 2.27. The summed E-state index contributed by atoms with van der Waals surface area (Å²) in [6.07, 6.45) is 1.73. The molecular formula is C14H19N5O2S. The number of hydrogen-bond donors (Lipinski definition) is 1. The molecular weight excluding hydrogens is 302 g/mol. The van der Waals surface area contributed by atoms with Gasteiger partial charge in [-0.25, -0.2) is 0 Å². The second-order valence-corrected chi connectivity index (χ2v) is 6.23. The van der Waals surface area contributed by atoms with Crippen LogP contribution in [0.3, 0.4) is 0 Å². The Hall–Kier alpha value is -2.06. The third-order valence-electron chi connectivity index (χ3n) is 3.24. The third-order valence-corrected chi connectivity index (χ3v) is 3.85. The Balaban J connectivity index is 2.35. The number of aromatic nitrogens is 3. The molecule has 1 amide bonds. The van der Waals surface area contributed by atoms with E-state index in [1.165, 1.54) is 16.8 Å². The number of nitrogens with one attached hydrogen (secondary N) is 1. The molecule has 0 saturated carbocycles.